The first kappa shape index (κ1) is 15.4. The van der Waals surface area contributed by atoms with Crippen LogP contribution in [0, 0.1) is 13.8 Å². The van der Waals surface area contributed by atoms with Gasteiger partial charge >= 0.3 is 0 Å². The van der Waals surface area contributed by atoms with Crippen LogP contribution < -0.4 is 4.90 Å². The van der Waals surface area contributed by atoms with E-state index in [0.717, 1.165) is 32.1 Å². The first-order valence-corrected chi connectivity index (χ1v) is 8.93. The normalized spacial score (nSPS) is 16.0. The van der Waals surface area contributed by atoms with Gasteiger partial charge in [0.2, 0.25) is 0 Å². The van der Waals surface area contributed by atoms with Crippen molar-refractivity contribution in [2.24, 2.45) is 0 Å². The second kappa shape index (κ2) is 7.21. The summed E-state index contributed by atoms with van der Waals surface area (Å²) in [6.07, 6.45) is 0. The Kier molecular flexibility index (Phi) is 5.06. The number of piperazine rings is 1. The molecule has 0 aromatic heterocycles. The lowest BCUT2D eigenvalue weighted by Gasteiger charge is -2.36. The fourth-order valence-electron chi connectivity index (χ4n) is 2.76. The Morgan fingerprint density at radius 3 is 2.27 bits per heavy atom. The lowest BCUT2D eigenvalue weighted by Crippen LogP contribution is -2.46. The zero-order valence-corrected chi connectivity index (χ0v) is 14.3. The van der Waals surface area contributed by atoms with Gasteiger partial charge in [0.25, 0.3) is 0 Å². The SMILES string of the molecule is Cc1ccc(SCN2CCN(c3cccc(C)c3)CC2)cc1. The quantitative estimate of drug-likeness (QED) is 0.782. The third-order valence-corrected chi connectivity index (χ3v) is 5.27. The van der Waals surface area contributed by atoms with Crippen LogP contribution in [0.15, 0.2) is 53.4 Å². The number of rotatable bonds is 4. The van der Waals surface area contributed by atoms with Gasteiger partial charge in [-0.05, 0) is 43.7 Å². The van der Waals surface area contributed by atoms with Crippen LogP contribution in [0.4, 0.5) is 5.69 Å². The molecule has 1 saturated heterocycles. The van der Waals surface area contributed by atoms with Crippen LogP contribution in [0.1, 0.15) is 11.1 Å². The van der Waals surface area contributed by atoms with Crippen LogP contribution in [-0.4, -0.2) is 37.0 Å². The highest BCUT2D eigenvalue weighted by Crippen LogP contribution is 2.22. The van der Waals surface area contributed by atoms with Crippen LogP contribution in [-0.2, 0) is 0 Å². The van der Waals surface area contributed by atoms with E-state index in [2.05, 4.69) is 72.2 Å². The van der Waals surface area contributed by atoms with Crippen molar-refractivity contribution in [3.8, 4) is 0 Å². The molecule has 0 amide bonds. The Labute approximate surface area is 138 Å². The molecular weight excluding hydrogens is 288 g/mol. The minimum atomic E-state index is 1.09. The molecule has 2 nitrogen and oxygen atoms in total. The standard InChI is InChI=1S/C19H24N2S/c1-16-6-8-19(9-7-16)22-15-20-10-12-21(13-11-20)18-5-3-4-17(2)14-18/h3-9,14H,10-13,15H2,1-2H3. The van der Waals surface area contributed by atoms with Crippen LogP contribution >= 0.6 is 11.8 Å². The second-order valence-corrected chi connectivity index (χ2v) is 7.05. The minimum absolute atomic E-state index is 1.09. The summed E-state index contributed by atoms with van der Waals surface area (Å²) in [5.41, 5.74) is 4.04. The summed E-state index contributed by atoms with van der Waals surface area (Å²) >= 11 is 1.94. The van der Waals surface area contributed by atoms with Gasteiger partial charge in [-0.15, -0.1) is 11.8 Å². The third-order valence-electron chi connectivity index (χ3n) is 4.17. The van der Waals surface area contributed by atoms with Crippen LogP contribution in [0.5, 0.6) is 0 Å². The molecule has 2 aromatic rings. The average Bonchev–Trinajstić information content (AvgIpc) is 2.55. The molecule has 0 spiro atoms. The van der Waals surface area contributed by atoms with Crippen molar-refractivity contribution in [1.82, 2.24) is 4.90 Å². The minimum Gasteiger partial charge on any atom is -0.369 e. The van der Waals surface area contributed by atoms with E-state index in [0.29, 0.717) is 0 Å². The summed E-state index contributed by atoms with van der Waals surface area (Å²) in [7, 11) is 0. The number of benzene rings is 2. The van der Waals surface area contributed by atoms with E-state index < -0.39 is 0 Å². The molecule has 0 saturated carbocycles. The molecule has 0 radical (unpaired) electrons. The Morgan fingerprint density at radius 2 is 1.59 bits per heavy atom. The lowest BCUT2D eigenvalue weighted by molar-refractivity contribution is 0.301. The zero-order valence-electron chi connectivity index (χ0n) is 13.5. The molecule has 2 aromatic carbocycles. The van der Waals surface area contributed by atoms with Crippen molar-refractivity contribution < 1.29 is 0 Å². The van der Waals surface area contributed by atoms with Crippen LogP contribution in [0.25, 0.3) is 0 Å². The molecule has 0 atom stereocenters. The second-order valence-electron chi connectivity index (χ2n) is 6.03. The summed E-state index contributed by atoms with van der Waals surface area (Å²) in [6, 6.07) is 17.7. The highest BCUT2D eigenvalue weighted by atomic mass is 32.2. The summed E-state index contributed by atoms with van der Waals surface area (Å²) in [5, 5.41) is 0. The van der Waals surface area contributed by atoms with Gasteiger partial charge < -0.3 is 4.90 Å². The van der Waals surface area contributed by atoms with Gasteiger partial charge in [0.1, 0.15) is 0 Å². The van der Waals surface area contributed by atoms with Gasteiger partial charge in [0, 0.05) is 42.6 Å². The summed E-state index contributed by atoms with van der Waals surface area (Å²) in [5.74, 6) is 1.09. The number of nitrogens with zero attached hydrogens (tertiary/aromatic N) is 2. The monoisotopic (exact) mass is 312 g/mol. The largest absolute Gasteiger partial charge is 0.369 e. The maximum absolute atomic E-state index is 2.55. The van der Waals surface area contributed by atoms with Crippen molar-refractivity contribution in [3.63, 3.8) is 0 Å². The molecule has 1 heterocycles. The van der Waals surface area contributed by atoms with Crippen LogP contribution in [0.2, 0.25) is 0 Å². The van der Waals surface area contributed by atoms with Crippen molar-refractivity contribution in [2.75, 3.05) is 37.0 Å². The molecule has 1 aliphatic rings. The summed E-state index contributed by atoms with van der Waals surface area (Å²) in [4.78, 5) is 6.42. The van der Waals surface area contributed by atoms with Gasteiger partial charge in [-0.1, -0.05) is 29.8 Å². The molecule has 1 aliphatic heterocycles. The number of hydrogen-bond acceptors (Lipinski definition) is 3. The van der Waals surface area contributed by atoms with Crippen LogP contribution in [0.3, 0.4) is 0 Å². The molecule has 116 valence electrons. The maximum Gasteiger partial charge on any atom is 0.0493 e. The molecule has 22 heavy (non-hydrogen) atoms. The highest BCUT2D eigenvalue weighted by molar-refractivity contribution is 7.99. The van der Waals surface area contributed by atoms with Gasteiger partial charge in [0.15, 0.2) is 0 Å². The van der Waals surface area contributed by atoms with Crippen molar-refractivity contribution >= 4 is 17.4 Å². The number of hydrogen-bond donors (Lipinski definition) is 0. The number of aryl methyl sites for hydroxylation is 2. The van der Waals surface area contributed by atoms with Gasteiger partial charge in [-0.25, -0.2) is 0 Å². The average molecular weight is 312 g/mol. The predicted octanol–water partition coefficient (Wildman–Crippen LogP) is 4.18. The maximum atomic E-state index is 2.55. The predicted molar refractivity (Wildman–Crippen MR) is 96.9 cm³/mol. The van der Waals surface area contributed by atoms with Gasteiger partial charge in [0.05, 0.1) is 0 Å². The fourth-order valence-corrected chi connectivity index (χ4v) is 3.68. The van der Waals surface area contributed by atoms with E-state index in [1.807, 2.05) is 11.8 Å². The van der Waals surface area contributed by atoms with E-state index in [-0.39, 0.29) is 0 Å². The summed E-state index contributed by atoms with van der Waals surface area (Å²) < 4.78 is 0. The molecule has 0 bridgehead atoms. The van der Waals surface area contributed by atoms with Gasteiger partial charge in [-0.2, -0.15) is 0 Å². The zero-order chi connectivity index (χ0) is 15.4. The van der Waals surface area contributed by atoms with Crippen molar-refractivity contribution in [2.45, 2.75) is 18.7 Å². The van der Waals surface area contributed by atoms with E-state index >= 15 is 0 Å². The Hall–Kier alpha value is -1.45. The Morgan fingerprint density at radius 1 is 0.864 bits per heavy atom. The first-order chi connectivity index (χ1) is 10.7. The molecule has 0 aliphatic carbocycles. The topological polar surface area (TPSA) is 6.48 Å². The lowest BCUT2D eigenvalue weighted by atomic mass is 10.2. The Bertz CT molecular complexity index is 601. The molecule has 0 unspecified atom stereocenters. The molecule has 1 fully saturated rings. The molecule has 3 heteroatoms. The summed E-state index contributed by atoms with van der Waals surface area (Å²) in [6.45, 7) is 8.84. The van der Waals surface area contributed by atoms with Crippen molar-refractivity contribution in [1.29, 1.82) is 0 Å². The van der Waals surface area contributed by atoms with Gasteiger partial charge in [-0.3, -0.25) is 4.90 Å². The van der Waals surface area contributed by atoms with Crippen molar-refractivity contribution in [3.05, 3.63) is 59.7 Å². The van der Waals surface area contributed by atoms with E-state index in [4.69, 9.17) is 0 Å². The molecule has 3 rings (SSSR count). The highest BCUT2D eigenvalue weighted by Gasteiger charge is 2.17. The number of anilines is 1. The Balaban J connectivity index is 1.48. The van der Waals surface area contributed by atoms with E-state index in [1.54, 1.807) is 0 Å². The smallest absolute Gasteiger partial charge is 0.0493 e. The third kappa shape index (κ3) is 4.05. The molecular formula is C19H24N2S. The fraction of sp³-hybridized carbons (Fsp3) is 0.368. The number of thioether (sulfide) groups is 1. The first-order valence-electron chi connectivity index (χ1n) is 7.94. The van der Waals surface area contributed by atoms with E-state index in [9.17, 15) is 0 Å². The van der Waals surface area contributed by atoms with E-state index in [1.165, 1.54) is 21.7 Å². The molecule has 0 N–H and O–H groups in total.